The molecular formula is C13H28O6Ti. The molecule has 1 N–H and O–H groups in total. The third-order valence-corrected chi connectivity index (χ3v) is 7.59. The van der Waals surface area contributed by atoms with E-state index in [4.69, 9.17) is 15.1 Å². The van der Waals surface area contributed by atoms with Crippen LogP contribution in [-0.2, 0) is 37.3 Å². The van der Waals surface area contributed by atoms with E-state index in [9.17, 15) is 9.59 Å². The molecule has 6 nitrogen and oxygen atoms in total. The predicted molar refractivity (Wildman–Crippen MR) is 72.9 cm³/mol. The molecule has 20 heavy (non-hydrogen) atoms. The fourth-order valence-corrected chi connectivity index (χ4v) is 5.28. The summed E-state index contributed by atoms with van der Waals surface area (Å²) in [7, 11) is 0. The molecule has 0 heterocycles. The Morgan fingerprint density at radius 3 is 1.45 bits per heavy atom. The number of hydrogen-bond donors (Lipinski definition) is 1. The molecule has 0 spiro atoms. The van der Waals surface area contributed by atoms with E-state index in [1.165, 1.54) is 6.92 Å². The van der Waals surface area contributed by atoms with E-state index in [1.54, 1.807) is 0 Å². The predicted octanol–water partition coefficient (Wildman–Crippen LogP) is 2.87. The summed E-state index contributed by atoms with van der Waals surface area (Å²) in [5.74, 6) is -1.37. The van der Waals surface area contributed by atoms with Crippen LogP contribution in [0.15, 0.2) is 0 Å². The summed E-state index contributed by atoms with van der Waals surface area (Å²) in [5.41, 5.74) is 0. The van der Waals surface area contributed by atoms with Crippen LogP contribution in [0.1, 0.15) is 48.0 Å². The van der Waals surface area contributed by atoms with Gasteiger partial charge in [0.15, 0.2) is 0 Å². The molecule has 0 atom stereocenters. The van der Waals surface area contributed by atoms with Crippen molar-refractivity contribution in [3.05, 3.63) is 0 Å². The van der Waals surface area contributed by atoms with E-state index in [-0.39, 0.29) is 12.2 Å². The molecule has 0 aromatic rings. The number of aliphatic carboxylic acids is 1. The van der Waals surface area contributed by atoms with Gasteiger partial charge in [-0.1, -0.05) is 0 Å². The monoisotopic (exact) mass is 328 g/mol. The number of rotatable bonds is 9. The van der Waals surface area contributed by atoms with Gasteiger partial charge in [-0.2, -0.15) is 0 Å². The minimum atomic E-state index is -2.91. The normalized spacial score (nSPS) is 10.9. The molecule has 0 aromatic heterocycles. The van der Waals surface area contributed by atoms with Gasteiger partial charge in [0.05, 0.1) is 0 Å². The molecule has 0 unspecified atom stereocenters. The fraction of sp³-hybridized carbons (Fsp3) is 0.846. The molecule has 7 heteroatoms. The molecule has 0 aromatic carbocycles. The summed E-state index contributed by atoms with van der Waals surface area (Å²) in [4.78, 5) is 19.5. The molecule has 0 aliphatic rings. The van der Waals surface area contributed by atoms with E-state index >= 15 is 0 Å². The number of carbonyl (C=O) groups is 2. The Balaban J connectivity index is 0. The summed E-state index contributed by atoms with van der Waals surface area (Å²) >= 11 is -2.91. The molecule has 0 fully saturated rings. The average Bonchev–Trinajstić information content (AvgIpc) is 2.28. The Labute approximate surface area is 126 Å². The van der Waals surface area contributed by atoms with Crippen molar-refractivity contribution < 1.29 is 42.4 Å². The van der Waals surface area contributed by atoms with Gasteiger partial charge in [-0.25, -0.2) is 0 Å². The summed E-state index contributed by atoms with van der Waals surface area (Å²) in [6, 6.07) is 0. The van der Waals surface area contributed by atoms with Gasteiger partial charge in [-0.3, -0.25) is 9.59 Å². The van der Waals surface area contributed by atoms with Gasteiger partial charge in [0.2, 0.25) is 0 Å². The molecule has 0 rings (SSSR count). The topological polar surface area (TPSA) is 82.1 Å². The number of carboxylic acid groups (broad SMARTS) is 1. The molecule has 0 aliphatic heterocycles. The number of Topliss-reactive ketones (excluding diaryl/α,β-unsaturated/α-hetero) is 1. The SMILES string of the molecule is CC(=O)CC(=O)O.CC[O][Ti]([O]CC)([O]CC)[CH](C)C. The zero-order valence-electron chi connectivity index (χ0n) is 13.4. The first-order valence-electron chi connectivity index (χ1n) is 6.88. The fourth-order valence-electron chi connectivity index (χ4n) is 1.44. The van der Waals surface area contributed by atoms with Gasteiger partial charge in [0, 0.05) is 0 Å². The Hall–Kier alpha value is -0.266. The first-order valence-corrected chi connectivity index (χ1v) is 9.70. The average molecular weight is 328 g/mol. The van der Waals surface area contributed by atoms with Gasteiger partial charge < -0.3 is 5.11 Å². The first-order chi connectivity index (χ1) is 9.25. The van der Waals surface area contributed by atoms with Gasteiger partial charge in [-0.05, 0) is 6.92 Å². The summed E-state index contributed by atoms with van der Waals surface area (Å²) in [5, 5.41) is 7.86. The van der Waals surface area contributed by atoms with Crippen LogP contribution in [0.5, 0.6) is 0 Å². The molecule has 0 radical (unpaired) electrons. The second-order valence-corrected chi connectivity index (χ2v) is 9.37. The summed E-state index contributed by atoms with van der Waals surface area (Å²) in [6.07, 6.45) is -0.361. The zero-order chi connectivity index (χ0) is 16.2. The van der Waals surface area contributed by atoms with E-state index < -0.39 is 23.7 Å². The third-order valence-electron chi connectivity index (χ3n) is 2.14. The number of hydrogen-bond acceptors (Lipinski definition) is 5. The van der Waals surface area contributed by atoms with Crippen LogP contribution in [0.3, 0.4) is 0 Å². The summed E-state index contributed by atoms with van der Waals surface area (Å²) in [6.45, 7) is 13.5. The Bertz CT molecular complexity index is 251. The van der Waals surface area contributed by atoms with Crippen LogP contribution in [0.25, 0.3) is 0 Å². The Morgan fingerprint density at radius 1 is 1.00 bits per heavy atom. The maximum atomic E-state index is 9.87. The van der Waals surface area contributed by atoms with Crippen LogP contribution < -0.4 is 0 Å². The second kappa shape index (κ2) is 12.5. The Kier molecular flexibility index (Phi) is 13.7. The van der Waals surface area contributed by atoms with Crippen LogP contribution in [0.4, 0.5) is 0 Å². The van der Waals surface area contributed by atoms with Crippen molar-refractivity contribution in [3.63, 3.8) is 0 Å². The van der Waals surface area contributed by atoms with Crippen molar-refractivity contribution in [3.8, 4) is 0 Å². The number of ketones is 1. The van der Waals surface area contributed by atoms with Gasteiger partial charge in [-0.15, -0.1) is 0 Å². The van der Waals surface area contributed by atoms with Crippen LogP contribution in [-0.4, -0.2) is 36.7 Å². The van der Waals surface area contributed by atoms with Gasteiger partial charge in [0.25, 0.3) is 0 Å². The standard InChI is InChI=1S/C4H6O3.C3H7.3C2H5O.Ti/c1-3(5)2-4(6)7;1-3-2;3*1-2-3;/h2H2,1H3,(H,6,7);3H,1-2H3;3*2H2,1H3;/q;;3*-1;+3. The van der Waals surface area contributed by atoms with E-state index in [1.807, 2.05) is 20.8 Å². The molecule has 0 saturated carbocycles. The van der Waals surface area contributed by atoms with Crippen LogP contribution in [0, 0.1) is 0 Å². The second-order valence-electron chi connectivity index (χ2n) is 4.33. The van der Waals surface area contributed by atoms with Crippen LogP contribution in [0.2, 0.25) is 4.22 Å². The Morgan fingerprint density at radius 2 is 1.35 bits per heavy atom. The maximum absolute atomic E-state index is 9.87. The van der Waals surface area contributed by atoms with Gasteiger partial charge in [0.1, 0.15) is 12.2 Å². The van der Waals surface area contributed by atoms with E-state index in [0.29, 0.717) is 24.0 Å². The van der Waals surface area contributed by atoms with Crippen LogP contribution >= 0.6 is 0 Å². The number of carbonyl (C=O) groups excluding carboxylic acids is 1. The van der Waals surface area contributed by atoms with E-state index in [2.05, 4.69) is 13.8 Å². The number of carboxylic acids is 1. The van der Waals surface area contributed by atoms with Crippen molar-refractivity contribution in [2.75, 3.05) is 19.8 Å². The quantitative estimate of drug-likeness (QED) is 0.518. The van der Waals surface area contributed by atoms with E-state index in [0.717, 1.165) is 0 Å². The van der Waals surface area contributed by atoms with Crippen molar-refractivity contribution in [1.82, 2.24) is 0 Å². The summed E-state index contributed by atoms with van der Waals surface area (Å²) < 4.78 is 17.5. The van der Waals surface area contributed by atoms with Crippen molar-refractivity contribution in [2.24, 2.45) is 0 Å². The van der Waals surface area contributed by atoms with Gasteiger partial charge >= 0.3 is 92.3 Å². The minimum absolute atomic E-state index is 0.312. The molecular weight excluding hydrogens is 300 g/mol. The molecule has 0 aliphatic carbocycles. The molecule has 120 valence electrons. The molecule has 0 saturated heterocycles. The zero-order valence-corrected chi connectivity index (χ0v) is 15.0. The molecule has 0 bridgehead atoms. The molecule has 0 amide bonds. The third kappa shape index (κ3) is 10.5. The first kappa shape index (κ1) is 22.0. The van der Waals surface area contributed by atoms with Crippen molar-refractivity contribution in [2.45, 2.75) is 52.2 Å². The van der Waals surface area contributed by atoms with Crippen molar-refractivity contribution >= 4 is 11.8 Å². The van der Waals surface area contributed by atoms with Crippen molar-refractivity contribution in [1.29, 1.82) is 0 Å².